The van der Waals surface area contributed by atoms with Gasteiger partial charge in [-0.05, 0) is 52.4 Å². The van der Waals surface area contributed by atoms with Gasteiger partial charge in [0.25, 0.3) is 0 Å². The van der Waals surface area contributed by atoms with Crippen molar-refractivity contribution < 1.29 is 18.9 Å². The molecular weight excluding hydrogens is 498 g/mol. The lowest BCUT2D eigenvalue weighted by Gasteiger charge is -2.29. The molecule has 0 amide bonds. The minimum absolute atomic E-state index is 0.0502. The van der Waals surface area contributed by atoms with Gasteiger partial charge in [0, 0.05) is 37.7 Å². The lowest BCUT2D eigenvalue weighted by Crippen LogP contribution is -2.25. The lowest BCUT2D eigenvalue weighted by molar-refractivity contribution is -0.0599. The van der Waals surface area contributed by atoms with Crippen molar-refractivity contribution in [1.82, 2.24) is 4.98 Å². The van der Waals surface area contributed by atoms with Crippen molar-refractivity contribution in [3.05, 3.63) is 126 Å². The number of methoxy groups -OCH3 is 1. The average Bonchev–Trinajstić information content (AvgIpc) is 3.03. The number of rotatable bonds is 9. The molecule has 0 spiro atoms. The van der Waals surface area contributed by atoms with Gasteiger partial charge in [0.15, 0.2) is 0 Å². The first kappa shape index (κ1) is 26.1. The van der Waals surface area contributed by atoms with Crippen LogP contribution in [0.3, 0.4) is 0 Å². The van der Waals surface area contributed by atoms with E-state index in [9.17, 15) is 0 Å². The van der Waals surface area contributed by atoms with Crippen molar-refractivity contribution in [1.29, 1.82) is 0 Å². The number of hydrogen-bond donors (Lipinski definition) is 0. The highest BCUT2D eigenvalue weighted by Gasteiger charge is 2.23. The minimum Gasteiger partial charge on any atom is -0.489 e. The van der Waals surface area contributed by atoms with Gasteiger partial charge in [0.05, 0.1) is 17.7 Å². The van der Waals surface area contributed by atoms with Crippen LogP contribution in [0.5, 0.6) is 11.6 Å². The maximum absolute atomic E-state index is 6.25. The van der Waals surface area contributed by atoms with Gasteiger partial charge in [0.2, 0.25) is 5.88 Å². The van der Waals surface area contributed by atoms with Crippen LogP contribution < -0.4 is 9.47 Å². The second-order valence-electron chi connectivity index (χ2n) is 10.1. The maximum Gasteiger partial charge on any atom is 0.214 e. The van der Waals surface area contributed by atoms with Gasteiger partial charge >= 0.3 is 0 Å². The number of nitrogens with zero attached hydrogens (tertiary/aromatic N) is 1. The van der Waals surface area contributed by atoms with E-state index in [1.165, 1.54) is 0 Å². The van der Waals surface area contributed by atoms with Crippen LogP contribution in [-0.4, -0.2) is 24.8 Å². The first-order valence-electron chi connectivity index (χ1n) is 13.8. The van der Waals surface area contributed by atoms with Gasteiger partial charge in [-0.3, -0.25) is 0 Å². The fourth-order valence-corrected chi connectivity index (χ4v) is 5.20. The van der Waals surface area contributed by atoms with Crippen LogP contribution in [0.15, 0.2) is 109 Å². The second kappa shape index (κ2) is 12.3. The summed E-state index contributed by atoms with van der Waals surface area (Å²) in [4.78, 5) is 4.85. The fourth-order valence-electron chi connectivity index (χ4n) is 5.20. The van der Waals surface area contributed by atoms with Crippen LogP contribution in [0.2, 0.25) is 0 Å². The van der Waals surface area contributed by atoms with Crippen molar-refractivity contribution in [2.45, 2.75) is 38.3 Å². The van der Waals surface area contributed by atoms with E-state index in [-0.39, 0.29) is 12.2 Å². The molecule has 1 aliphatic heterocycles. The standard InChI is InChI=1S/C35H33NO4/c1-37-29-17-18-38-34(21-29)28-14-8-11-26(19-28)24-39-30-15-16-31-32(27-12-6-3-7-13-27)22-35(36-33(31)20-30)40-23-25-9-4-2-5-10-25/h2-16,19-20,22,29,34H,17-18,21,23-24H2,1H3. The molecule has 1 aliphatic rings. The highest BCUT2D eigenvalue weighted by Crippen LogP contribution is 2.34. The Bertz CT molecular complexity index is 1550. The minimum atomic E-state index is 0.0502. The second-order valence-corrected chi connectivity index (χ2v) is 10.1. The zero-order valence-corrected chi connectivity index (χ0v) is 22.7. The van der Waals surface area contributed by atoms with E-state index < -0.39 is 0 Å². The maximum atomic E-state index is 6.25. The van der Waals surface area contributed by atoms with E-state index in [0.29, 0.717) is 19.1 Å². The summed E-state index contributed by atoms with van der Waals surface area (Å²) in [5.41, 5.74) is 6.38. The number of fused-ring (bicyclic) bond motifs is 1. The van der Waals surface area contributed by atoms with Crippen molar-refractivity contribution in [2.75, 3.05) is 13.7 Å². The molecule has 2 atom stereocenters. The molecule has 0 saturated carbocycles. The van der Waals surface area contributed by atoms with E-state index in [0.717, 1.165) is 63.9 Å². The predicted molar refractivity (Wildman–Crippen MR) is 157 cm³/mol. The Morgan fingerprint density at radius 3 is 2.38 bits per heavy atom. The Morgan fingerprint density at radius 2 is 1.55 bits per heavy atom. The predicted octanol–water partition coefficient (Wildman–Crippen LogP) is 7.93. The smallest absolute Gasteiger partial charge is 0.214 e. The van der Waals surface area contributed by atoms with Crippen LogP contribution in [0.25, 0.3) is 22.0 Å². The Balaban J connectivity index is 1.23. The van der Waals surface area contributed by atoms with Crippen LogP contribution in [0, 0.1) is 0 Å². The largest absolute Gasteiger partial charge is 0.489 e. The topological polar surface area (TPSA) is 49.8 Å². The van der Waals surface area contributed by atoms with Gasteiger partial charge in [-0.2, -0.15) is 0 Å². The van der Waals surface area contributed by atoms with E-state index >= 15 is 0 Å². The van der Waals surface area contributed by atoms with Crippen LogP contribution in [-0.2, 0) is 22.7 Å². The molecule has 2 heterocycles. The third-order valence-electron chi connectivity index (χ3n) is 7.37. The third-order valence-corrected chi connectivity index (χ3v) is 7.37. The van der Waals surface area contributed by atoms with Crippen molar-refractivity contribution in [2.24, 2.45) is 0 Å². The molecule has 6 rings (SSSR count). The highest BCUT2D eigenvalue weighted by molar-refractivity contribution is 5.95. The molecule has 1 saturated heterocycles. The zero-order chi connectivity index (χ0) is 27.1. The molecular formula is C35H33NO4. The summed E-state index contributed by atoms with van der Waals surface area (Å²) in [5.74, 6) is 1.35. The Hall–Kier alpha value is -4.19. The van der Waals surface area contributed by atoms with E-state index in [2.05, 4.69) is 54.6 Å². The molecule has 5 nitrogen and oxygen atoms in total. The van der Waals surface area contributed by atoms with Crippen LogP contribution in [0.1, 0.15) is 35.6 Å². The summed E-state index contributed by atoms with van der Waals surface area (Å²) < 4.78 is 24.0. The normalized spacial score (nSPS) is 17.0. The van der Waals surface area contributed by atoms with Crippen molar-refractivity contribution in [3.63, 3.8) is 0 Å². The number of aromatic nitrogens is 1. The first-order chi connectivity index (χ1) is 19.7. The molecule has 0 bridgehead atoms. The van der Waals surface area contributed by atoms with Crippen molar-refractivity contribution >= 4 is 10.9 Å². The van der Waals surface area contributed by atoms with Gasteiger partial charge in [-0.1, -0.05) is 78.9 Å². The van der Waals surface area contributed by atoms with Gasteiger partial charge in [-0.25, -0.2) is 4.98 Å². The summed E-state index contributed by atoms with van der Waals surface area (Å²) in [6, 6.07) is 37.0. The molecule has 5 aromatic rings. The fraction of sp³-hybridized carbons (Fsp3) is 0.229. The Kier molecular flexibility index (Phi) is 8.03. The quantitative estimate of drug-likeness (QED) is 0.193. The average molecular weight is 532 g/mol. The molecule has 0 aliphatic carbocycles. The SMILES string of the molecule is COC1CCOC(c2cccc(COc3ccc4c(-c5ccccc5)cc(OCc5ccccc5)nc4c3)c2)C1. The number of hydrogen-bond acceptors (Lipinski definition) is 5. The molecule has 1 fully saturated rings. The third kappa shape index (κ3) is 6.17. The molecule has 2 unspecified atom stereocenters. The van der Waals surface area contributed by atoms with E-state index in [1.807, 2.05) is 54.6 Å². The monoisotopic (exact) mass is 531 g/mol. The van der Waals surface area contributed by atoms with Crippen LogP contribution in [0.4, 0.5) is 0 Å². The molecule has 5 heteroatoms. The van der Waals surface area contributed by atoms with Crippen molar-refractivity contribution in [3.8, 4) is 22.8 Å². The van der Waals surface area contributed by atoms with Crippen LogP contribution >= 0.6 is 0 Å². The molecule has 202 valence electrons. The van der Waals surface area contributed by atoms with E-state index in [4.69, 9.17) is 23.9 Å². The Labute approximate surface area is 235 Å². The summed E-state index contributed by atoms with van der Waals surface area (Å²) >= 11 is 0. The number of pyridine rings is 1. The summed E-state index contributed by atoms with van der Waals surface area (Å²) in [6.45, 7) is 1.63. The molecule has 0 radical (unpaired) electrons. The highest BCUT2D eigenvalue weighted by atomic mass is 16.5. The summed E-state index contributed by atoms with van der Waals surface area (Å²) in [5, 5.41) is 1.05. The first-order valence-corrected chi connectivity index (χ1v) is 13.8. The zero-order valence-electron chi connectivity index (χ0n) is 22.7. The molecule has 4 aromatic carbocycles. The Morgan fingerprint density at radius 1 is 0.775 bits per heavy atom. The summed E-state index contributed by atoms with van der Waals surface area (Å²) in [7, 11) is 1.77. The van der Waals surface area contributed by atoms with Gasteiger partial charge < -0.3 is 18.9 Å². The molecule has 1 aromatic heterocycles. The van der Waals surface area contributed by atoms with E-state index in [1.54, 1.807) is 7.11 Å². The molecule has 0 N–H and O–H groups in total. The lowest BCUT2D eigenvalue weighted by atomic mass is 9.98. The van der Waals surface area contributed by atoms with Gasteiger partial charge in [-0.15, -0.1) is 0 Å². The summed E-state index contributed by atoms with van der Waals surface area (Å²) in [6.07, 6.45) is 2.10. The van der Waals surface area contributed by atoms with Gasteiger partial charge in [0.1, 0.15) is 19.0 Å². The molecule has 40 heavy (non-hydrogen) atoms. The number of benzene rings is 4. The number of ether oxygens (including phenoxy) is 4.